The topological polar surface area (TPSA) is 70.6 Å². The van der Waals surface area contributed by atoms with Crippen molar-refractivity contribution in [1.29, 1.82) is 0 Å². The number of carbonyl (C=O) groups excluding carboxylic acids is 1. The molecule has 1 aliphatic rings. The zero-order valence-electron chi connectivity index (χ0n) is 17.5. The highest BCUT2D eigenvalue weighted by Crippen LogP contribution is 2.29. The maximum absolute atomic E-state index is 14.0. The summed E-state index contributed by atoms with van der Waals surface area (Å²) in [4.78, 5) is 19.4. The van der Waals surface area contributed by atoms with Crippen molar-refractivity contribution in [2.45, 2.75) is 4.90 Å². The molecule has 5 rings (SSSR count). The van der Waals surface area contributed by atoms with E-state index in [1.807, 2.05) is 24.3 Å². The van der Waals surface area contributed by atoms with Crippen LogP contribution < -0.4 is 0 Å². The first-order valence-corrected chi connectivity index (χ1v) is 12.7. The van der Waals surface area contributed by atoms with Crippen molar-refractivity contribution >= 4 is 38.0 Å². The molecule has 1 saturated heterocycles. The second-order valence-electron chi connectivity index (χ2n) is 7.71. The van der Waals surface area contributed by atoms with Crippen LogP contribution in [-0.2, 0) is 10.0 Å². The number of fused-ring (bicyclic) bond motifs is 1. The molecule has 0 saturated carbocycles. The van der Waals surface area contributed by atoms with Gasteiger partial charge in [-0.3, -0.25) is 4.79 Å². The van der Waals surface area contributed by atoms with Crippen LogP contribution in [0.5, 0.6) is 0 Å². The summed E-state index contributed by atoms with van der Waals surface area (Å²) < 4.78 is 41.7. The minimum atomic E-state index is -3.66. The van der Waals surface area contributed by atoms with Crippen LogP contribution in [0.4, 0.5) is 4.39 Å². The molecule has 0 spiro atoms. The third kappa shape index (κ3) is 4.15. The first kappa shape index (κ1) is 21.7. The van der Waals surface area contributed by atoms with E-state index < -0.39 is 15.8 Å². The van der Waals surface area contributed by atoms with Gasteiger partial charge in [0.25, 0.3) is 5.91 Å². The highest BCUT2D eigenvalue weighted by atomic mass is 32.2. The lowest BCUT2D eigenvalue weighted by molar-refractivity contribution is 0.0702. The van der Waals surface area contributed by atoms with Gasteiger partial charge in [0.2, 0.25) is 10.0 Å². The molecule has 1 fully saturated rings. The summed E-state index contributed by atoms with van der Waals surface area (Å²) in [6.07, 6.45) is 1.45. The number of amides is 1. The molecule has 0 aliphatic carbocycles. The molecule has 33 heavy (non-hydrogen) atoms. The molecule has 9 heteroatoms. The molecule has 3 aromatic carbocycles. The van der Waals surface area contributed by atoms with E-state index in [9.17, 15) is 17.6 Å². The third-order valence-corrected chi connectivity index (χ3v) is 8.62. The van der Waals surface area contributed by atoms with Crippen LogP contribution in [-0.4, -0.2) is 54.7 Å². The number of aromatic nitrogens is 1. The molecule has 0 atom stereocenters. The summed E-state index contributed by atoms with van der Waals surface area (Å²) in [6, 6.07) is 19.0. The highest BCUT2D eigenvalue weighted by Gasteiger charge is 2.31. The number of nitrogens with zero attached hydrogens (tertiary/aromatic N) is 3. The quantitative estimate of drug-likeness (QED) is 0.437. The predicted molar refractivity (Wildman–Crippen MR) is 126 cm³/mol. The zero-order valence-corrected chi connectivity index (χ0v) is 19.2. The van der Waals surface area contributed by atoms with Crippen LogP contribution in [0.2, 0.25) is 0 Å². The van der Waals surface area contributed by atoms with Crippen molar-refractivity contribution in [1.82, 2.24) is 14.2 Å². The molecule has 0 unspecified atom stereocenters. The average molecular weight is 482 g/mol. The van der Waals surface area contributed by atoms with Crippen LogP contribution in [0.1, 0.15) is 9.67 Å². The molecular formula is C24H20FN3O3S2. The molecule has 2 heterocycles. The monoisotopic (exact) mass is 481 g/mol. The fourth-order valence-corrected chi connectivity index (χ4v) is 6.27. The van der Waals surface area contributed by atoms with Crippen molar-refractivity contribution in [3.8, 4) is 10.6 Å². The number of benzene rings is 3. The van der Waals surface area contributed by atoms with Gasteiger partial charge in [0.05, 0.1) is 11.1 Å². The number of hydrogen-bond donors (Lipinski definition) is 0. The first-order valence-electron chi connectivity index (χ1n) is 10.4. The lowest BCUT2D eigenvalue weighted by Gasteiger charge is -2.33. The van der Waals surface area contributed by atoms with E-state index in [4.69, 9.17) is 0 Å². The number of thiazole rings is 1. The second kappa shape index (κ2) is 8.66. The van der Waals surface area contributed by atoms with E-state index in [0.717, 1.165) is 22.1 Å². The van der Waals surface area contributed by atoms with Crippen molar-refractivity contribution in [3.63, 3.8) is 0 Å². The van der Waals surface area contributed by atoms with E-state index in [0.29, 0.717) is 15.4 Å². The number of halogens is 1. The Kier molecular flexibility index (Phi) is 5.69. The van der Waals surface area contributed by atoms with Crippen LogP contribution in [0, 0.1) is 5.82 Å². The summed E-state index contributed by atoms with van der Waals surface area (Å²) in [6.45, 7) is 0.969. The Bertz CT molecular complexity index is 1440. The van der Waals surface area contributed by atoms with Gasteiger partial charge in [0, 0.05) is 31.7 Å². The second-order valence-corrected chi connectivity index (χ2v) is 10.7. The molecule has 1 aromatic heterocycles. The van der Waals surface area contributed by atoms with Crippen LogP contribution in [0.15, 0.2) is 77.8 Å². The normalized spacial score (nSPS) is 15.1. The SMILES string of the molecule is O=C(c1cnc(-c2ccccc2F)s1)N1CCN(S(=O)(=O)c2ccc3ccccc3c2)CC1. The molecule has 6 nitrogen and oxygen atoms in total. The Morgan fingerprint density at radius 3 is 2.36 bits per heavy atom. The van der Waals surface area contributed by atoms with Gasteiger partial charge < -0.3 is 4.90 Å². The molecule has 4 aromatic rings. The summed E-state index contributed by atoms with van der Waals surface area (Å²) in [5.41, 5.74) is 0.354. The lowest BCUT2D eigenvalue weighted by atomic mass is 10.1. The molecule has 0 N–H and O–H groups in total. The first-order chi connectivity index (χ1) is 15.9. The molecule has 168 valence electrons. The largest absolute Gasteiger partial charge is 0.335 e. The molecule has 0 radical (unpaired) electrons. The standard InChI is InChI=1S/C24H20FN3O3S2/c25-21-8-4-3-7-20(21)23-26-16-22(32-23)24(29)27-11-13-28(14-12-27)33(30,31)19-10-9-17-5-1-2-6-18(17)15-19/h1-10,15-16H,11-14H2. The van der Waals surface area contributed by atoms with Gasteiger partial charge in [-0.15, -0.1) is 11.3 Å². The summed E-state index contributed by atoms with van der Waals surface area (Å²) in [7, 11) is -3.66. The summed E-state index contributed by atoms with van der Waals surface area (Å²) >= 11 is 1.13. The van der Waals surface area contributed by atoms with E-state index in [-0.39, 0.29) is 37.0 Å². The van der Waals surface area contributed by atoms with E-state index >= 15 is 0 Å². The number of piperazine rings is 1. The highest BCUT2D eigenvalue weighted by molar-refractivity contribution is 7.89. The molecule has 1 aliphatic heterocycles. The van der Waals surface area contributed by atoms with E-state index in [1.54, 1.807) is 41.3 Å². The maximum Gasteiger partial charge on any atom is 0.265 e. The van der Waals surface area contributed by atoms with Gasteiger partial charge in [-0.1, -0.05) is 42.5 Å². The van der Waals surface area contributed by atoms with Crippen LogP contribution in [0.25, 0.3) is 21.3 Å². The van der Waals surface area contributed by atoms with Gasteiger partial charge in [-0.05, 0) is 35.0 Å². The van der Waals surface area contributed by atoms with Crippen LogP contribution >= 0.6 is 11.3 Å². The zero-order chi connectivity index (χ0) is 23.0. The Hall–Kier alpha value is -3.14. The Morgan fingerprint density at radius 1 is 0.909 bits per heavy atom. The number of sulfonamides is 1. The molecule has 1 amide bonds. The van der Waals surface area contributed by atoms with Gasteiger partial charge in [-0.25, -0.2) is 17.8 Å². The maximum atomic E-state index is 14.0. The smallest absolute Gasteiger partial charge is 0.265 e. The molecular weight excluding hydrogens is 461 g/mol. The van der Waals surface area contributed by atoms with E-state index in [2.05, 4.69) is 4.98 Å². The van der Waals surface area contributed by atoms with Crippen molar-refractivity contribution in [3.05, 3.63) is 83.6 Å². The Morgan fingerprint density at radius 2 is 1.61 bits per heavy atom. The van der Waals surface area contributed by atoms with E-state index in [1.165, 1.54) is 16.6 Å². The van der Waals surface area contributed by atoms with Crippen LogP contribution in [0.3, 0.4) is 0 Å². The molecule has 0 bridgehead atoms. The summed E-state index contributed by atoms with van der Waals surface area (Å²) in [5.74, 6) is -0.615. The fourth-order valence-electron chi connectivity index (χ4n) is 3.90. The third-order valence-electron chi connectivity index (χ3n) is 5.71. The average Bonchev–Trinajstić information content (AvgIpc) is 3.33. The van der Waals surface area contributed by atoms with Crippen molar-refractivity contribution < 1.29 is 17.6 Å². The Labute approximate surface area is 195 Å². The van der Waals surface area contributed by atoms with Gasteiger partial charge in [0.15, 0.2) is 0 Å². The van der Waals surface area contributed by atoms with Gasteiger partial charge >= 0.3 is 0 Å². The van der Waals surface area contributed by atoms with Gasteiger partial charge in [-0.2, -0.15) is 4.31 Å². The van der Waals surface area contributed by atoms with Crippen molar-refractivity contribution in [2.24, 2.45) is 0 Å². The van der Waals surface area contributed by atoms with Crippen molar-refractivity contribution in [2.75, 3.05) is 26.2 Å². The summed E-state index contributed by atoms with van der Waals surface area (Å²) in [5, 5.41) is 2.28. The minimum absolute atomic E-state index is 0.208. The van der Waals surface area contributed by atoms with Gasteiger partial charge in [0.1, 0.15) is 15.7 Å². The lowest BCUT2D eigenvalue weighted by Crippen LogP contribution is -2.50. The Balaban J connectivity index is 1.28. The number of hydrogen-bond acceptors (Lipinski definition) is 5. The predicted octanol–water partition coefficient (Wildman–Crippen LogP) is 4.25. The number of carbonyl (C=O) groups is 1. The minimum Gasteiger partial charge on any atom is -0.335 e. The fraction of sp³-hybridized carbons (Fsp3) is 0.167. The number of rotatable bonds is 4.